The fourth-order valence-corrected chi connectivity index (χ4v) is 2.69. The number of hydrogen-bond donors (Lipinski definition) is 2. The van der Waals surface area contributed by atoms with E-state index in [0.717, 1.165) is 5.56 Å². The van der Waals surface area contributed by atoms with E-state index >= 15 is 0 Å². The van der Waals surface area contributed by atoms with Crippen LogP contribution in [0.4, 0.5) is 0 Å². The second kappa shape index (κ2) is 6.84. The minimum Gasteiger partial charge on any atom is -0.481 e. The molecule has 1 aliphatic rings. The minimum absolute atomic E-state index is 0.0397. The molecule has 126 valence electrons. The van der Waals surface area contributed by atoms with Gasteiger partial charge in [-0.15, -0.1) is 0 Å². The molecule has 1 aromatic heterocycles. The Morgan fingerprint density at radius 1 is 1.21 bits per heavy atom. The van der Waals surface area contributed by atoms with Crippen LogP contribution >= 0.6 is 0 Å². The van der Waals surface area contributed by atoms with Crippen molar-refractivity contribution in [3.63, 3.8) is 0 Å². The predicted octanol–water partition coefficient (Wildman–Crippen LogP) is 1.95. The monoisotopic (exact) mass is 330 g/mol. The molecule has 2 heterocycles. The Morgan fingerprint density at radius 3 is 2.58 bits per heavy atom. The van der Waals surface area contributed by atoms with E-state index in [9.17, 15) is 14.7 Å². The second-order valence-electron chi connectivity index (χ2n) is 5.82. The molecule has 0 bridgehead atoms. The van der Waals surface area contributed by atoms with E-state index < -0.39 is 17.3 Å². The van der Waals surface area contributed by atoms with Gasteiger partial charge < -0.3 is 19.7 Å². The van der Waals surface area contributed by atoms with Gasteiger partial charge in [0.2, 0.25) is 0 Å². The highest BCUT2D eigenvalue weighted by atomic mass is 16.5. The summed E-state index contributed by atoms with van der Waals surface area (Å²) in [5.41, 5.74) is -0.0446. The van der Waals surface area contributed by atoms with E-state index in [0.29, 0.717) is 31.8 Å². The van der Waals surface area contributed by atoms with E-state index in [1.165, 1.54) is 0 Å². The van der Waals surface area contributed by atoms with E-state index in [1.54, 1.807) is 6.07 Å². The number of hydrogen-bond acceptors (Lipinski definition) is 5. The lowest BCUT2D eigenvalue weighted by Gasteiger charge is -2.32. The highest BCUT2D eigenvalue weighted by Crippen LogP contribution is 2.30. The summed E-state index contributed by atoms with van der Waals surface area (Å²) in [6.07, 6.45) is 0.743. The summed E-state index contributed by atoms with van der Waals surface area (Å²) in [4.78, 5) is 23.8. The van der Waals surface area contributed by atoms with Crippen molar-refractivity contribution in [2.75, 3.05) is 19.8 Å². The van der Waals surface area contributed by atoms with Gasteiger partial charge in [-0.1, -0.05) is 35.5 Å². The lowest BCUT2D eigenvalue weighted by atomic mass is 9.80. The van der Waals surface area contributed by atoms with E-state index in [-0.39, 0.29) is 12.2 Å². The van der Waals surface area contributed by atoms with Crippen LogP contribution in [0.25, 0.3) is 11.3 Å². The van der Waals surface area contributed by atoms with E-state index in [4.69, 9.17) is 9.26 Å². The largest absolute Gasteiger partial charge is 0.481 e. The summed E-state index contributed by atoms with van der Waals surface area (Å²) in [6, 6.07) is 10.8. The summed E-state index contributed by atoms with van der Waals surface area (Å²) < 4.78 is 10.4. The van der Waals surface area contributed by atoms with Crippen molar-refractivity contribution in [3.05, 3.63) is 42.1 Å². The van der Waals surface area contributed by atoms with Crippen molar-refractivity contribution in [1.82, 2.24) is 10.5 Å². The fraction of sp³-hybridized carbons (Fsp3) is 0.353. The Hall–Kier alpha value is -2.67. The molecule has 0 radical (unpaired) electrons. The lowest BCUT2D eigenvalue weighted by molar-refractivity contribution is -0.154. The van der Waals surface area contributed by atoms with Crippen LogP contribution in [0.2, 0.25) is 0 Å². The van der Waals surface area contributed by atoms with Gasteiger partial charge in [-0.2, -0.15) is 0 Å². The summed E-state index contributed by atoms with van der Waals surface area (Å²) >= 11 is 0. The van der Waals surface area contributed by atoms with Gasteiger partial charge in [0.25, 0.3) is 5.91 Å². The topological polar surface area (TPSA) is 102 Å². The highest BCUT2D eigenvalue weighted by Gasteiger charge is 2.40. The van der Waals surface area contributed by atoms with Crippen molar-refractivity contribution in [2.24, 2.45) is 5.41 Å². The number of nitrogens with one attached hydrogen (secondary N) is 1. The van der Waals surface area contributed by atoms with Crippen LogP contribution in [0.5, 0.6) is 0 Å². The van der Waals surface area contributed by atoms with E-state index in [2.05, 4.69) is 10.5 Å². The Morgan fingerprint density at radius 2 is 1.92 bits per heavy atom. The van der Waals surface area contributed by atoms with E-state index in [1.807, 2.05) is 30.3 Å². The van der Waals surface area contributed by atoms with Gasteiger partial charge in [-0.05, 0) is 12.8 Å². The summed E-state index contributed by atoms with van der Waals surface area (Å²) in [5.74, 6) is -0.885. The average molecular weight is 330 g/mol. The Labute approximate surface area is 138 Å². The number of ether oxygens (including phenoxy) is 1. The Bertz CT molecular complexity index is 720. The molecule has 7 heteroatoms. The van der Waals surface area contributed by atoms with Crippen LogP contribution in [0.15, 0.2) is 40.9 Å². The predicted molar refractivity (Wildman–Crippen MR) is 84.4 cm³/mol. The maximum atomic E-state index is 12.2. The highest BCUT2D eigenvalue weighted by molar-refractivity contribution is 5.93. The van der Waals surface area contributed by atoms with Gasteiger partial charge in [0, 0.05) is 31.4 Å². The minimum atomic E-state index is -0.986. The zero-order valence-electron chi connectivity index (χ0n) is 13.0. The molecule has 0 spiro atoms. The summed E-state index contributed by atoms with van der Waals surface area (Å²) in [6.45, 7) is 0.798. The molecule has 7 nitrogen and oxygen atoms in total. The first-order valence-corrected chi connectivity index (χ1v) is 7.72. The molecule has 2 N–H and O–H groups in total. The maximum absolute atomic E-state index is 12.2. The average Bonchev–Trinajstić information content (AvgIpc) is 3.11. The molecule has 3 rings (SSSR count). The molecular formula is C17H18N2O5. The van der Waals surface area contributed by atoms with Gasteiger partial charge in [0.1, 0.15) is 0 Å². The molecule has 0 saturated carbocycles. The number of carboxylic acids is 1. The Kier molecular flexibility index (Phi) is 4.61. The number of aromatic nitrogens is 1. The van der Waals surface area contributed by atoms with Crippen LogP contribution in [-0.4, -0.2) is 41.9 Å². The molecule has 0 atom stereocenters. The quantitative estimate of drug-likeness (QED) is 0.869. The van der Waals surface area contributed by atoms with Crippen LogP contribution in [0.3, 0.4) is 0 Å². The molecule has 1 aromatic carbocycles. The van der Waals surface area contributed by atoms with Gasteiger partial charge in [0.05, 0.1) is 5.41 Å². The van der Waals surface area contributed by atoms with Crippen molar-refractivity contribution < 1.29 is 24.0 Å². The molecule has 1 amide bonds. The van der Waals surface area contributed by atoms with Gasteiger partial charge >= 0.3 is 5.97 Å². The van der Waals surface area contributed by atoms with Crippen LogP contribution < -0.4 is 5.32 Å². The molecule has 0 aliphatic carbocycles. The Balaban J connectivity index is 1.67. The molecule has 0 unspecified atom stereocenters. The number of rotatable bonds is 5. The zero-order chi connectivity index (χ0) is 17.0. The first-order valence-electron chi connectivity index (χ1n) is 7.72. The normalized spacial score (nSPS) is 16.5. The lowest BCUT2D eigenvalue weighted by Crippen LogP contribution is -2.46. The first-order chi connectivity index (χ1) is 11.6. The van der Waals surface area contributed by atoms with Crippen molar-refractivity contribution in [1.29, 1.82) is 0 Å². The number of nitrogens with zero attached hydrogens (tertiary/aromatic N) is 1. The van der Waals surface area contributed by atoms with Crippen molar-refractivity contribution in [3.8, 4) is 11.3 Å². The van der Waals surface area contributed by atoms with Crippen LogP contribution in [0.1, 0.15) is 23.3 Å². The molecule has 1 aliphatic heterocycles. The molecule has 2 aromatic rings. The van der Waals surface area contributed by atoms with Crippen molar-refractivity contribution >= 4 is 11.9 Å². The molecule has 24 heavy (non-hydrogen) atoms. The number of carboxylic acid groups (broad SMARTS) is 1. The third-order valence-corrected chi connectivity index (χ3v) is 4.29. The van der Waals surface area contributed by atoms with Crippen molar-refractivity contribution in [2.45, 2.75) is 12.8 Å². The summed E-state index contributed by atoms with van der Waals surface area (Å²) in [7, 11) is 0. The summed E-state index contributed by atoms with van der Waals surface area (Å²) in [5, 5.41) is 15.9. The number of carbonyl (C=O) groups excluding carboxylic acids is 1. The standard InChI is InChI=1S/C17H18N2O5/c20-15(18-11-17(16(21)22)6-8-23-9-7-17)13-10-14(24-19-13)12-4-2-1-3-5-12/h1-5,10H,6-9,11H2,(H,18,20)(H,21,22). The zero-order valence-corrected chi connectivity index (χ0v) is 13.0. The number of amides is 1. The van der Waals surface area contributed by atoms with Crippen LogP contribution in [-0.2, 0) is 9.53 Å². The molecule has 1 fully saturated rings. The fourth-order valence-electron chi connectivity index (χ4n) is 2.69. The third-order valence-electron chi connectivity index (χ3n) is 4.29. The smallest absolute Gasteiger partial charge is 0.311 e. The second-order valence-corrected chi connectivity index (χ2v) is 5.82. The van der Waals surface area contributed by atoms with Crippen LogP contribution in [0, 0.1) is 5.41 Å². The number of benzene rings is 1. The number of aliphatic carboxylic acids is 1. The number of carbonyl (C=O) groups is 2. The molecule has 1 saturated heterocycles. The van der Waals surface area contributed by atoms with Gasteiger partial charge in [-0.25, -0.2) is 0 Å². The maximum Gasteiger partial charge on any atom is 0.311 e. The SMILES string of the molecule is O=C(NCC1(C(=O)O)CCOCC1)c1cc(-c2ccccc2)on1. The third kappa shape index (κ3) is 3.30. The van der Waals surface area contributed by atoms with Gasteiger partial charge in [-0.3, -0.25) is 9.59 Å². The first kappa shape index (κ1) is 16.2. The molecular weight excluding hydrogens is 312 g/mol. The van der Waals surface area contributed by atoms with Gasteiger partial charge in [0.15, 0.2) is 11.5 Å².